The number of amides is 2. The monoisotopic (exact) mass is 272 g/mol. The maximum absolute atomic E-state index is 11.9. The Bertz CT molecular complexity index is 476. The molecule has 0 spiro atoms. The lowest BCUT2D eigenvalue weighted by Crippen LogP contribution is -2.25. The molecule has 20 heavy (non-hydrogen) atoms. The van der Waals surface area contributed by atoms with Crippen LogP contribution in [0.1, 0.15) is 34.6 Å². The third-order valence-corrected chi connectivity index (χ3v) is 2.62. The highest BCUT2D eigenvalue weighted by Crippen LogP contribution is 2.05. The van der Waals surface area contributed by atoms with Crippen molar-refractivity contribution < 1.29 is 9.59 Å². The van der Waals surface area contributed by atoms with E-state index in [-0.39, 0.29) is 11.8 Å². The first-order valence-corrected chi connectivity index (χ1v) is 6.57. The van der Waals surface area contributed by atoms with Crippen LogP contribution in [0.3, 0.4) is 0 Å². The number of hydrogen-bond donors (Lipinski definition) is 2. The zero-order chi connectivity index (χ0) is 14.8. The van der Waals surface area contributed by atoms with Gasteiger partial charge in [-0.15, -0.1) is 0 Å². The van der Waals surface area contributed by atoms with Crippen LogP contribution in [0, 0.1) is 0 Å². The topological polar surface area (TPSA) is 58.2 Å². The van der Waals surface area contributed by atoms with Gasteiger partial charge < -0.3 is 10.6 Å². The maximum atomic E-state index is 11.9. The van der Waals surface area contributed by atoms with Crippen LogP contribution in [0.25, 0.3) is 0 Å². The van der Waals surface area contributed by atoms with Crippen LogP contribution in [0.4, 0.5) is 0 Å². The van der Waals surface area contributed by atoms with E-state index in [4.69, 9.17) is 0 Å². The van der Waals surface area contributed by atoms with Gasteiger partial charge in [-0.1, -0.05) is 30.4 Å². The quantitative estimate of drug-likeness (QED) is 0.781. The number of nitrogens with one attached hydrogen (secondary N) is 2. The standard InChI is InChI=1S/C16H20N2O2/c1-3-5-10-17-15(19)13-8-7-9-14(12-13)16(20)18-11-6-4-2/h3-9,12H,10-11H2,1-2H3,(H,17,19)(H,18,20)/b5-3+,6-4+. The molecular formula is C16H20N2O2. The summed E-state index contributed by atoms with van der Waals surface area (Å²) in [4.78, 5) is 23.7. The number of benzene rings is 1. The van der Waals surface area contributed by atoms with Gasteiger partial charge >= 0.3 is 0 Å². The Labute approximate surface area is 119 Å². The van der Waals surface area contributed by atoms with Gasteiger partial charge in [0.05, 0.1) is 0 Å². The third-order valence-electron chi connectivity index (χ3n) is 2.62. The minimum atomic E-state index is -0.189. The Balaban J connectivity index is 2.69. The molecule has 0 aliphatic carbocycles. The summed E-state index contributed by atoms with van der Waals surface area (Å²) in [6.07, 6.45) is 7.44. The maximum Gasteiger partial charge on any atom is 0.251 e. The number of rotatable bonds is 6. The van der Waals surface area contributed by atoms with Crippen LogP contribution in [-0.4, -0.2) is 24.9 Å². The summed E-state index contributed by atoms with van der Waals surface area (Å²) in [7, 11) is 0. The van der Waals surface area contributed by atoms with Crippen LogP contribution < -0.4 is 10.6 Å². The Morgan fingerprint density at radius 2 is 1.40 bits per heavy atom. The van der Waals surface area contributed by atoms with E-state index < -0.39 is 0 Å². The Kier molecular flexibility index (Phi) is 6.82. The molecule has 1 aromatic rings. The number of carbonyl (C=O) groups excluding carboxylic acids is 2. The summed E-state index contributed by atoms with van der Waals surface area (Å²) >= 11 is 0. The molecule has 4 heteroatoms. The highest BCUT2D eigenvalue weighted by molar-refractivity contribution is 5.99. The van der Waals surface area contributed by atoms with Gasteiger partial charge in [0, 0.05) is 24.2 Å². The Morgan fingerprint density at radius 3 is 1.80 bits per heavy atom. The molecule has 1 aromatic carbocycles. The summed E-state index contributed by atoms with van der Waals surface area (Å²) in [5.41, 5.74) is 0.960. The summed E-state index contributed by atoms with van der Waals surface area (Å²) < 4.78 is 0. The fourth-order valence-corrected chi connectivity index (χ4v) is 1.54. The molecule has 0 aliphatic heterocycles. The van der Waals surface area contributed by atoms with E-state index in [1.165, 1.54) is 0 Å². The van der Waals surface area contributed by atoms with Crippen molar-refractivity contribution in [1.82, 2.24) is 10.6 Å². The average Bonchev–Trinajstić information content (AvgIpc) is 2.47. The molecule has 4 nitrogen and oxygen atoms in total. The zero-order valence-corrected chi connectivity index (χ0v) is 11.8. The summed E-state index contributed by atoms with van der Waals surface area (Å²) in [5, 5.41) is 5.50. The average molecular weight is 272 g/mol. The number of hydrogen-bond acceptors (Lipinski definition) is 2. The lowest BCUT2D eigenvalue weighted by atomic mass is 10.1. The number of allylic oxidation sites excluding steroid dienone is 2. The smallest absolute Gasteiger partial charge is 0.251 e. The second-order valence-corrected chi connectivity index (χ2v) is 4.14. The van der Waals surface area contributed by atoms with Crippen molar-refractivity contribution in [2.45, 2.75) is 13.8 Å². The normalized spacial score (nSPS) is 10.9. The van der Waals surface area contributed by atoms with Crippen molar-refractivity contribution in [3.8, 4) is 0 Å². The molecule has 0 saturated carbocycles. The minimum absolute atomic E-state index is 0.189. The molecule has 0 atom stereocenters. The molecule has 2 amide bonds. The first-order valence-electron chi connectivity index (χ1n) is 6.57. The van der Waals surface area contributed by atoms with Gasteiger partial charge in [-0.3, -0.25) is 9.59 Å². The lowest BCUT2D eigenvalue weighted by Gasteiger charge is -2.06. The van der Waals surface area contributed by atoms with Gasteiger partial charge in [-0.05, 0) is 32.0 Å². The molecule has 0 fully saturated rings. The van der Waals surface area contributed by atoms with Crippen LogP contribution in [0.2, 0.25) is 0 Å². The van der Waals surface area contributed by atoms with Crippen LogP contribution in [0.5, 0.6) is 0 Å². The molecule has 0 bridgehead atoms. The Morgan fingerprint density at radius 1 is 0.950 bits per heavy atom. The van der Waals surface area contributed by atoms with E-state index in [9.17, 15) is 9.59 Å². The fraction of sp³-hybridized carbons (Fsp3) is 0.250. The van der Waals surface area contributed by atoms with E-state index in [1.54, 1.807) is 24.3 Å². The van der Waals surface area contributed by atoms with Gasteiger partial charge in [0.15, 0.2) is 0 Å². The third kappa shape index (κ3) is 5.10. The van der Waals surface area contributed by atoms with E-state index >= 15 is 0 Å². The number of carbonyl (C=O) groups is 2. The van der Waals surface area contributed by atoms with Crippen molar-refractivity contribution in [3.63, 3.8) is 0 Å². The highest BCUT2D eigenvalue weighted by atomic mass is 16.2. The highest BCUT2D eigenvalue weighted by Gasteiger charge is 2.09. The van der Waals surface area contributed by atoms with Gasteiger partial charge in [0.2, 0.25) is 0 Å². The lowest BCUT2D eigenvalue weighted by molar-refractivity contribution is 0.0957. The van der Waals surface area contributed by atoms with Crippen molar-refractivity contribution >= 4 is 11.8 Å². The van der Waals surface area contributed by atoms with Gasteiger partial charge in [-0.2, -0.15) is 0 Å². The van der Waals surface area contributed by atoms with Crippen LogP contribution in [-0.2, 0) is 0 Å². The van der Waals surface area contributed by atoms with Crippen molar-refractivity contribution in [2.24, 2.45) is 0 Å². The largest absolute Gasteiger partial charge is 0.349 e. The van der Waals surface area contributed by atoms with Crippen molar-refractivity contribution in [1.29, 1.82) is 0 Å². The molecule has 0 unspecified atom stereocenters. The minimum Gasteiger partial charge on any atom is -0.349 e. The van der Waals surface area contributed by atoms with E-state index in [0.717, 1.165) is 0 Å². The molecule has 1 rings (SSSR count). The first kappa shape index (κ1) is 15.7. The molecule has 0 aliphatic rings. The molecule has 106 valence electrons. The van der Waals surface area contributed by atoms with E-state index in [0.29, 0.717) is 24.2 Å². The summed E-state index contributed by atoms with van der Waals surface area (Å²) in [5.74, 6) is -0.377. The van der Waals surface area contributed by atoms with E-state index in [2.05, 4.69) is 10.6 Å². The molecular weight excluding hydrogens is 252 g/mol. The second kappa shape index (κ2) is 8.69. The van der Waals surface area contributed by atoms with E-state index in [1.807, 2.05) is 38.2 Å². The zero-order valence-electron chi connectivity index (χ0n) is 11.8. The summed E-state index contributed by atoms with van der Waals surface area (Å²) in [6, 6.07) is 6.67. The Hall–Kier alpha value is -2.36. The molecule has 0 saturated heterocycles. The fourth-order valence-electron chi connectivity index (χ4n) is 1.54. The predicted octanol–water partition coefficient (Wildman–Crippen LogP) is 2.30. The molecule has 0 heterocycles. The van der Waals surface area contributed by atoms with Crippen LogP contribution >= 0.6 is 0 Å². The van der Waals surface area contributed by atoms with Crippen LogP contribution in [0.15, 0.2) is 48.6 Å². The first-order chi connectivity index (χ1) is 9.69. The van der Waals surface area contributed by atoms with Crippen molar-refractivity contribution in [3.05, 3.63) is 59.7 Å². The molecule has 0 radical (unpaired) electrons. The van der Waals surface area contributed by atoms with Gasteiger partial charge in [0.1, 0.15) is 0 Å². The van der Waals surface area contributed by atoms with Crippen molar-refractivity contribution in [2.75, 3.05) is 13.1 Å². The molecule has 0 aromatic heterocycles. The predicted molar refractivity (Wildman–Crippen MR) is 80.7 cm³/mol. The van der Waals surface area contributed by atoms with Gasteiger partial charge in [-0.25, -0.2) is 0 Å². The summed E-state index contributed by atoms with van der Waals surface area (Å²) in [6.45, 7) is 4.74. The second-order valence-electron chi connectivity index (χ2n) is 4.14. The SMILES string of the molecule is C/C=C/CNC(=O)c1cccc(C(=O)NC/C=C/C)c1. The van der Waals surface area contributed by atoms with Gasteiger partial charge in [0.25, 0.3) is 11.8 Å². The molecule has 2 N–H and O–H groups in total.